The highest BCUT2D eigenvalue weighted by molar-refractivity contribution is 9.10. The number of aryl methyl sites for hydroxylation is 1. The van der Waals surface area contributed by atoms with Crippen molar-refractivity contribution in [2.24, 2.45) is 0 Å². The van der Waals surface area contributed by atoms with E-state index in [9.17, 15) is 4.79 Å². The van der Waals surface area contributed by atoms with Crippen LogP contribution in [-0.2, 0) is 11.2 Å². The van der Waals surface area contributed by atoms with E-state index < -0.39 is 0 Å². The number of carbonyl (C=O) groups excluding carboxylic acids is 1. The molecule has 1 radical (unpaired) electrons. The molecule has 3 nitrogen and oxygen atoms in total. The minimum absolute atomic E-state index is 0.269. The maximum atomic E-state index is 10.1. The van der Waals surface area contributed by atoms with Crippen LogP contribution in [0, 0.1) is 0 Å². The van der Waals surface area contributed by atoms with Crippen molar-refractivity contribution in [2.75, 3.05) is 6.79 Å². The molecule has 0 aromatic heterocycles. The summed E-state index contributed by atoms with van der Waals surface area (Å²) in [4.78, 5) is 10.1. The standard InChI is InChI=1S/C10H8BrO3/c11-8-5-10-9(13-6-14-10)4-7(8)2-1-3-12/h4-5H,1-2,6H2. The molecule has 1 aliphatic rings. The number of halogens is 1. The van der Waals surface area contributed by atoms with Crippen LogP contribution < -0.4 is 9.47 Å². The third kappa shape index (κ3) is 1.75. The van der Waals surface area contributed by atoms with E-state index in [0.717, 1.165) is 21.5 Å². The zero-order chi connectivity index (χ0) is 9.97. The number of rotatable bonds is 3. The lowest BCUT2D eigenvalue weighted by atomic mass is 10.1. The van der Waals surface area contributed by atoms with Gasteiger partial charge in [-0.3, -0.25) is 4.79 Å². The quantitative estimate of drug-likeness (QED) is 0.831. The minimum Gasteiger partial charge on any atom is -0.454 e. The first-order valence-corrected chi connectivity index (χ1v) is 5.03. The average Bonchev–Trinajstić information content (AvgIpc) is 2.61. The van der Waals surface area contributed by atoms with Gasteiger partial charge >= 0.3 is 0 Å². The largest absolute Gasteiger partial charge is 0.454 e. The van der Waals surface area contributed by atoms with Gasteiger partial charge in [-0.1, -0.05) is 15.9 Å². The Morgan fingerprint density at radius 2 is 2.07 bits per heavy atom. The van der Waals surface area contributed by atoms with Crippen molar-refractivity contribution >= 4 is 22.2 Å². The van der Waals surface area contributed by atoms with E-state index >= 15 is 0 Å². The smallest absolute Gasteiger partial charge is 0.231 e. The van der Waals surface area contributed by atoms with Crippen LogP contribution >= 0.6 is 15.9 Å². The van der Waals surface area contributed by atoms with E-state index in [2.05, 4.69) is 15.9 Å². The summed E-state index contributed by atoms with van der Waals surface area (Å²) in [5.41, 5.74) is 1.04. The van der Waals surface area contributed by atoms with Crippen molar-refractivity contribution in [3.63, 3.8) is 0 Å². The van der Waals surface area contributed by atoms with Crippen LogP contribution in [0.15, 0.2) is 16.6 Å². The average molecular weight is 256 g/mol. The molecule has 0 aliphatic carbocycles. The number of benzene rings is 1. The van der Waals surface area contributed by atoms with Gasteiger partial charge in [-0.25, -0.2) is 0 Å². The summed E-state index contributed by atoms with van der Waals surface area (Å²) in [5, 5.41) is 0. The van der Waals surface area contributed by atoms with E-state index in [1.54, 1.807) is 0 Å². The Labute approximate surface area is 90.1 Å². The maximum Gasteiger partial charge on any atom is 0.231 e. The van der Waals surface area contributed by atoms with E-state index in [0.29, 0.717) is 12.8 Å². The third-order valence-electron chi connectivity index (χ3n) is 2.04. The van der Waals surface area contributed by atoms with Gasteiger partial charge in [0.05, 0.1) is 0 Å². The summed E-state index contributed by atoms with van der Waals surface area (Å²) in [5.74, 6) is 1.49. The van der Waals surface area contributed by atoms with Gasteiger partial charge in [0, 0.05) is 10.9 Å². The Morgan fingerprint density at radius 1 is 1.36 bits per heavy atom. The molecule has 1 heterocycles. The fraction of sp³-hybridized carbons (Fsp3) is 0.300. The Morgan fingerprint density at radius 3 is 2.79 bits per heavy atom. The second kappa shape index (κ2) is 4.00. The minimum atomic E-state index is 0.269. The molecule has 0 atom stereocenters. The summed E-state index contributed by atoms with van der Waals surface area (Å²) < 4.78 is 11.4. The summed E-state index contributed by atoms with van der Waals surface area (Å²) in [6.45, 7) is 0.269. The number of ether oxygens (including phenoxy) is 2. The van der Waals surface area contributed by atoms with Crippen molar-refractivity contribution in [3.8, 4) is 11.5 Å². The van der Waals surface area contributed by atoms with Crippen LogP contribution in [0.1, 0.15) is 12.0 Å². The van der Waals surface area contributed by atoms with Crippen LogP contribution in [0.2, 0.25) is 0 Å². The molecule has 1 aromatic rings. The SMILES string of the molecule is O=[C]CCc1cc2c(cc1Br)OCO2. The second-order valence-corrected chi connectivity index (χ2v) is 3.80. The van der Waals surface area contributed by atoms with Gasteiger partial charge < -0.3 is 9.47 Å². The fourth-order valence-corrected chi connectivity index (χ4v) is 1.86. The predicted molar refractivity (Wildman–Crippen MR) is 54.3 cm³/mol. The van der Waals surface area contributed by atoms with Crippen LogP contribution in [-0.4, -0.2) is 13.1 Å². The van der Waals surface area contributed by atoms with Gasteiger partial charge in [0.15, 0.2) is 17.8 Å². The van der Waals surface area contributed by atoms with Crippen LogP contribution in [0.25, 0.3) is 0 Å². The number of fused-ring (bicyclic) bond motifs is 1. The molecule has 2 rings (SSSR count). The van der Waals surface area contributed by atoms with Gasteiger partial charge in [-0.15, -0.1) is 0 Å². The molecular weight excluding hydrogens is 248 g/mol. The number of hydrogen-bond donors (Lipinski definition) is 0. The Bertz CT molecular complexity index is 363. The lowest BCUT2D eigenvalue weighted by Gasteiger charge is -2.03. The first-order chi connectivity index (χ1) is 6.81. The zero-order valence-electron chi connectivity index (χ0n) is 7.38. The van der Waals surface area contributed by atoms with Gasteiger partial charge in [-0.05, 0) is 24.1 Å². The number of hydrogen-bond acceptors (Lipinski definition) is 3. The highest BCUT2D eigenvalue weighted by atomic mass is 79.9. The Hall–Kier alpha value is -1.03. The lowest BCUT2D eigenvalue weighted by Crippen LogP contribution is -1.93. The highest BCUT2D eigenvalue weighted by Crippen LogP contribution is 2.37. The van der Waals surface area contributed by atoms with Crippen LogP contribution in [0.4, 0.5) is 0 Å². The molecule has 0 bridgehead atoms. The first-order valence-electron chi connectivity index (χ1n) is 4.24. The highest BCUT2D eigenvalue weighted by Gasteiger charge is 2.15. The van der Waals surface area contributed by atoms with Crippen molar-refractivity contribution < 1.29 is 14.3 Å². The van der Waals surface area contributed by atoms with E-state index in [1.165, 1.54) is 0 Å². The summed E-state index contributed by atoms with van der Waals surface area (Å²) >= 11 is 3.41. The van der Waals surface area contributed by atoms with Crippen molar-refractivity contribution in [1.29, 1.82) is 0 Å². The summed E-state index contributed by atoms with van der Waals surface area (Å²) in [7, 11) is 0. The van der Waals surface area contributed by atoms with E-state index in [1.807, 2.05) is 18.4 Å². The van der Waals surface area contributed by atoms with E-state index in [4.69, 9.17) is 9.47 Å². The Balaban J connectivity index is 2.27. The topological polar surface area (TPSA) is 35.5 Å². The first kappa shape index (κ1) is 9.52. The van der Waals surface area contributed by atoms with Crippen molar-refractivity contribution in [2.45, 2.75) is 12.8 Å². The molecule has 0 spiro atoms. The molecule has 14 heavy (non-hydrogen) atoms. The fourth-order valence-electron chi connectivity index (χ4n) is 1.34. The zero-order valence-corrected chi connectivity index (χ0v) is 8.96. The third-order valence-corrected chi connectivity index (χ3v) is 2.78. The molecule has 0 saturated heterocycles. The second-order valence-electron chi connectivity index (χ2n) is 2.94. The molecule has 0 fully saturated rings. The lowest BCUT2D eigenvalue weighted by molar-refractivity contribution is 0.174. The molecule has 1 aromatic carbocycles. The molecule has 4 heteroatoms. The van der Waals surface area contributed by atoms with Gasteiger partial charge in [-0.2, -0.15) is 0 Å². The van der Waals surface area contributed by atoms with Crippen LogP contribution in [0.3, 0.4) is 0 Å². The van der Waals surface area contributed by atoms with Crippen LogP contribution in [0.5, 0.6) is 11.5 Å². The normalized spacial score (nSPS) is 12.9. The summed E-state index contributed by atoms with van der Waals surface area (Å²) in [6.07, 6.45) is 2.94. The molecule has 0 unspecified atom stereocenters. The van der Waals surface area contributed by atoms with E-state index in [-0.39, 0.29) is 6.79 Å². The van der Waals surface area contributed by atoms with Gasteiger partial charge in [0.2, 0.25) is 6.79 Å². The molecule has 0 N–H and O–H groups in total. The summed E-state index contributed by atoms with van der Waals surface area (Å²) in [6, 6.07) is 3.76. The van der Waals surface area contributed by atoms with Gasteiger partial charge in [0.25, 0.3) is 0 Å². The predicted octanol–water partition coefficient (Wildman–Crippen LogP) is 2.22. The molecule has 1 aliphatic heterocycles. The van der Waals surface area contributed by atoms with Gasteiger partial charge in [0.1, 0.15) is 0 Å². The van der Waals surface area contributed by atoms with Crippen molar-refractivity contribution in [1.82, 2.24) is 0 Å². The van der Waals surface area contributed by atoms with Crippen molar-refractivity contribution in [3.05, 3.63) is 22.2 Å². The maximum absolute atomic E-state index is 10.1. The molecular formula is C10H8BrO3. The Kier molecular flexibility index (Phi) is 2.72. The molecule has 0 saturated carbocycles. The molecule has 0 amide bonds. The monoisotopic (exact) mass is 255 g/mol. The molecule has 73 valence electrons.